The molecule has 0 bridgehead atoms. The van der Waals surface area contributed by atoms with Crippen molar-refractivity contribution < 1.29 is 4.79 Å². The second-order valence-corrected chi connectivity index (χ2v) is 10.6. The van der Waals surface area contributed by atoms with E-state index in [1.807, 2.05) is 19.2 Å². The van der Waals surface area contributed by atoms with Gasteiger partial charge in [-0.15, -0.1) is 0 Å². The van der Waals surface area contributed by atoms with Crippen LogP contribution in [0.15, 0.2) is 78.9 Å². The molecule has 0 aliphatic rings. The number of likely N-dealkylation sites (N-methyl/N-ethyl adjacent to an activating group) is 2. The summed E-state index contributed by atoms with van der Waals surface area (Å²) in [5.74, 6) is 1.13. The molecule has 3 nitrogen and oxygen atoms in total. The highest BCUT2D eigenvalue weighted by molar-refractivity contribution is 5.96. The van der Waals surface area contributed by atoms with Gasteiger partial charge in [-0.1, -0.05) is 99.6 Å². The van der Waals surface area contributed by atoms with E-state index in [1.54, 1.807) is 0 Å². The average Bonchev–Trinajstić information content (AvgIpc) is 2.89. The lowest BCUT2D eigenvalue weighted by atomic mass is 9.90. The second kappa shape index (κ2) is 14.1. The largest absolute Gasteiger partial charge is 0.318 e. The SMILES string of the molecule is CCc1ccc(-c2ccc(C(=O)C[C@@H](Cc3ccccc3)CN(C)[C@H](CNC)CC(C)C)cc2)cc1. The first-order valence-electron chi connectivity index (χ1n) is 13.5. The van der Waals surface area contributed by atoms with Gasteiger partial charge in [0, 0.05) is 31.1 Å². The number of nitrogens with zero attached hydrogens (tertiary/aromatic N) is 1. The Hall–Kier alpha value is -2.75. The quantitative estimate of drug-likeness (QED) is 0.252. The molecule has 0 unspecified atom stereocenters. The second-order valence-electron chi connectivity index (χ2n) is 10.6. The maximum atomic E-state index is 13.4. The molecule has 0 radical (unpaired) electrons. The van der Waals surface area contributed by atoms with Crippen LogP contribution in [0.1, 0.15) is 55.1 Å². The van der Waals surface area contributed by atoms with E-state index in [-0.39, 0.29) is 11.7 Å². The van der Waals surface area contributed by atoms with Crippen molar-refractivity contribution in [3.05, 3.63) is 95.6 Å². The van der Waals surface area contributed by atoms with Crippen LogP contribution in [-0.4, -0.2) is 43.9 Å². The Bertz CT molecular complexity index is 1040. The highest BCUT2D eigenvalue weighted by atomic mass is 16.1. The summed E-state index contributed by atoms with van der Waals surface area (Å²) in [5, 5.41) is 3.36. The molecule has 3 aromatic carbocycles. The van der Waals surface area contributed by atoms with Gasteiger partial charge >= 0.3 is 0 Å². The van der Waals surface area contributed by atoms with E-state index in [2.05, 4.69) is 105 Å². The highest BCUT2D eigenvalue weighted by Crippen LogP contribution is 2.23. The zero-order valence-corrected chi connectivity index (χ0v) is 22.8. The van der Waals surface area contributed by atoms with Crippen molar-refractivity contribution in [3.8, 4) is 11.1 Å². The zero-order chi connectivity index (χ0) is 25.9. The minimum atomic E-state index is 0.228. The van der Waals surface area contributed by atoms with Gasteiger partial charge in [0.2, 0.25) is 0 Å². The first-order chi connectivity index (χ1) is 17.4. The molecular weight excluding hydrogens is 440 g/mol. The van der Waals surface area contributed by atoms with Crippen LogP contribution in [0.4, 0.5) is 0 Å². The molecule has 192 valence electrons. The van der Waals surface area contributed by atoms with Crippen LogP contribution >= 0.6 is 0 Å². The van der Waals surface area contributed by atoms with E-state index in [0.717, 1.165) is 43.5 Å². The van der Waals surface area contributed by atoms with Gasteiger partial charge in [0.15, 0.2) is 5.78 Å². The molecule has 0 amide bonds. The molecule has 3 rings (SSSR count). The summed E-state index contributed by atoms with van der Waals surface area (Å²) in [6, 6.07) is 27.9. The predicted octanol–water partition coefficient (Wildman–Crippen LogP) is 6.91. The summed E-state index contributed by atoms with van der Waals surface area (Å²) >= 11 is 0. The Morgan fingerprint density at radius 1 is 0.861 bits per heavy atom. The average molecular weight is 485 g/mol. The normalized spacial score (nSPS) is 13.2. The van der Waals surface area contributed by atoms with E-state index in [9.17, 15) is 4.79 Å². The smallest absolute Gasteiger partial charge is 0.163 e. The Morgan fingerprint density at radius 3 is 2.03 bits per heavy atom. The number of ketones is 1. The minimum absolute atomic E-state index is 0.228. The predicted molar refractivity (Wildman–Crippen MR) is 154 cm³/mol. The minimum Gasteiger partial charge on any atom is -0.318 e. The van der Waals surface area contributed by atoms with Crippen LogP contribution < -0.4 is 5.32 Å². The molecule has 3 aromatic rings. The number of carbonyl (C=O) groups is 1. The van der Waals surface area contributed by atoms with E-state index < -0.39 is 0 Å². The molecule has 1 N–H and O–H groups in total. The standard InChI is InChI=1S/C33H44N2O/c1-6-26-12-14-29(15-13-26)30-16-18-31(19-17-30)33(36)22-28(21-27-10-8-7-9-11-27)24-35(5)32(23-34-4)20-25(2)3/h7-19,25,28,32,34H,6,20-24H2,1-5H3/t28-,32+/m1/s1. The van der Waals surface area contributed by atoms with Crippen LogP contribution in [0, 0.1) is 11.8 Å². The first-order valence-corrected chi connectivity index (χ1v) is 13.5. The summed E-state index contributed by atoms with van der Waals surface area (Å²) in [5.41, 5.74) is 5.78. The first kappa shape index (κ1) is 27.8. The maximum Gasteiger partial charge on any atom is 0.163 e. The Kier molecular flexibility index (Phi) is 10.9. The number of nitrogens with one attached hydrogen (secondary N) is 1. The van der Waals surface area contributed by atoms with Crippen LogP contribution in [0.5, 0.6) is 0 Å². The van der Waals surface area contributed by atoms with E-state index in [1.165, 1.54) is 16.7 Å². The number of aryl methyl sites for hydroxylation is 1. The Morgan fingerprint density at radius 2 is 1.47 bits per heavy atom. The van der Waals surface area contributed by atoms with Crippen LogP contribution in [0.3, 0.4) is 0 Å². The summed E-state index contributed by atoms with van der Waals surface area (Å²) in [6.45, 7) is 8.60. The molecule has 0 aromatic heterocycles. The number of carbonyl (C=O) groups excluding carboxylic acids is 1. The summed E-state index contributed by atoms with van der Waals surface area (Å²) < 4.78 is 0. The van der Waals surface area contributed by atoms with Crippen molar-refractivity contribution >= 4 is 5.78 Å². The van der Waals surface area contributed by atoms with E-state index in [0.29, 0.717) is 18.4 Å². The fourth-order valence-electron chi connectivity index (χ4n) is 5.07. The fraction of sp³-hybridized carbons (Fsp3) is 0.424. The third-order valence-corrected chi connectivity index (χ3v) is 7.10. The molecule has 0 spiro atoms. The molecular formula is C33H44N2O. The number of benzene rings is 3. The van der Waals surface area contributed by atoms with Gasteiger partial charge in [-0.2, -0.15) is 0 Å². The summed E-state index contributed by atoms with van der Waals surface area (Å²) in [4.78, 5) is 15.9. The van der Waals surface area contributed by atoms with Gasteiger partial charge in [0.25, 0.3) is 0 Å². The molecule has 36 heavy (non-hydrogen) atoms. The molecule has 2 atom stereocenters. The monoisotopic (exact) mass is 484 g/mol. The van der Waals surface area contributed by atoms with E-state index in [4.69, 9.17) is 0 Å². The van der Waals surface area contributed by atoms with Gasteiger partial charge < -0.3 is 10.2 Å². The van der Waals surface area contributed by atoms with Crippen molar-refractivity contribution in [2.45, 2.75) is 52.5 Å². The number of hydrogen-bond acceptors (Lipinski definition) is 3. The third-order valence-electron chi connectivity index (χ3n) is 7.10. The molecule has 0 heterocycles. The number of Topliss-reactive ketones (excluding diaryl/α,β-unsaturated/α-hetero) is 1. The summed E-state index contributed by atoms with van der Waals surface area (Å²) in [6.07, 6.45) is 3.65. The molecule has 3 heteroatoms. The molecule has 0 aliphatic heterocycles. The van der Waals surface area contributed by atoms with Crippen molar-refractivity contribution in [2.75, 3.05) is 27.2 Å². The lowest BCUT2D eigenvalue weighted by molar-refractivity contribution is 0.0938. The number of rotatable bonds is 14. The van der Waals surface area contributed by atoms with Crippen LogP contribution in [0.2, 0.25) is 0 Å². The molecule has 0 aliphatic carbocycles. The van der Waals surface area contributed by atoms with Gasteiger partial charge in [0.05, 0.1) is 0 Å². The van der Waals surface area contributed by atoms with Gasteiger partial charge in [-0.05, 0) is 67.4 Å². The van der Waals surface area contributed by atoms with Crippen molar-refractivity contribution in [1.82, 2.24) is 10.2 Å². The van der Waals surface area contributed by atoms with Gasteiger partial charge in [-0.25, -0.2) is 0 Å². The zero-order valence-electron chi connectivity index (χ0n) is 22.8. The maximum absolute atomic E-state index is 13.4. The highest BCUT2D eigenvalue weighted by Gasteiger charge is 2.22. The van der Waals surface area contributed by atoms with Crippen LogP contribution in [0.25, 0.3) is 11.1 Å². The van der Waals surface area contributed by atoms with Crippen molar-refractivity contribution in [3.63, 3.8) is 0 Å². The Balaban J connectivity index is 1.72. The molecule has 0 saturated carbocycles. The topological polar surface area (TPSA) is 32.3 Å². The molecule has 0 saturated heterocycles. The Labute approximate surface area is 218 Å². The third kappa shape index (κ3) is 8.43. The number of hydrogen-bond donors (Lipinski definition) is 1. The lowest BCUT2D eigenvalue weighted by Crippen LogP contribution is -2.43. The van der Waals surface area contributed by atoms with Gasteiger partial charge in [0.1, 0.15) is 0 Å². The molecule has 0 fully saturated rings. The summed E-state index contributed by atoms with van der Waals surface area (Å²) in [7, 11) is 4.24. The van der Waals surface area contributed by atoms with Crippen LogP contribution in [-0.2, 0) is 12.8 Å². The van der Waals surface area contributed by atoms with Gasteiger partial charge in [-0.3, -0.25) is 4.79 Å². The van der Waals surface area contributed by atoms with Crippen molar-refractivity contribution in [2.24, 2.45) is 11.8 Å². The fourth-order valence-corrected chi connectivity index (χ4v) is 5.07. The van der Waals surface area contributed by atoms with E-state index >= 15 is 0 Å². The lowest BCUT2D eigenvalue weighted by Gasteiger charge is -2.32. The van der Waals surface area contributed by atoms with Crippen molar-refractivity contribution in [1.29, 1.82) is 0 Å².